The van der Waals surface area contributed by atoms with E-state index in [1.54, 1.807) is 0 Å². The van der Waals surface area contributed by atoms with Gasteiger partial charge in [0.05, 0.1) is 12.5 Å². The monoisotopic (exact) mass is 362 g/mol. The molecule has 2 nitrogen and oxygen atoms in total. The highest BCUT2D eigenvalue weighted by atomic mass is 35.5. The van der Waals surface area contributed by atoms with Crippen LogP contribution in [0.2, 0.25) is 0 Å². The first-order valence-corrected chi connectivity index (χ1v) is 10.1. The molecule has 138 valence electrons. The number of hydrogen-bond donors (Lipinski definition) is 0. The molecule has 2 aromatic carbocycles. The van der Waals surface area contributed by atoms with Gasteiger partial charge in [-0.2, -0.15) is 0 Å². The third kappa shape index (κ3) is 5.28. The molecule has 2 aromatic rings. The fraction of sp³-hybridized carbons (Fsp3) is 0.545. The highest BCUT2D eigenvalue weighted by molar-refractivity contribution is 6.18. The minimum atomic E-state index is 0.490. The van der Waals surface area contributed by atoms with Gasteiger partial charge in [0.1, 0.15) is 18.1 Å². The minimum absolute atomic E-state index is 0.490. The Balaban J connectivity index is 2.31. The van der Waals surface area contributed by atoms with Crippen molar-refractivity contribution in [2.24, 2.45) is 5.92 Å². The first-order valence-electron chi connectivity index (χ1n) is 9.61. The highest BCUT2D eigenvalue weighted by Gasteiger charge is 2.15. The summed E-state index contributed by atoms with van der Waals surface area (Å²) < 4.78 is 12.2. The molecule has 1 atom stereocenters. The number of ether oxygens (including phenoxy) is 2. The lowest BCUT2D eigenvalue weighted by Crippen LogP contribution is -2.12. The van der Waals surface area contributed by atoms with E-state index in [1.165, 1.54) is 24.8 Å². The Hall–Kier alpha value is -1.41. The molecule has 0 aliphatic rings. The van der Waals surface area contributed by atoms with Gasteiger partial charge >= 0.3 is 0 Å². The number of alkyl halides is 1. The molecule has 25 heavy (non-hydrogen) atoms. The molecule has 3 heteroatoms. The fourth-order valence-corrected chi connectivity index (χ4v) is 3.25. The fourth-order valence-electron chi connectivity index (χ4n) is 3.17. The summed E-state index contributed by atoms with van der Waals surface area (Å²) in [7, 11) is 0. The van der Waals surface area contributed by atoms with Gasteiger partial charge < -0.3 is 9.47 Å². The van der Waals surface area contributed by atoms with Crippen LogP contribution in [0.4, 0.5) is 0 Å². The van der Waals surface area contributed by atoms with Crippen molar-refractivity contribution < 1.29 is 9.47 Å². The second-order valence-corrected chi connectivity index (χ2v) is 6.91. The standard InChI is InChI=1S/C22H31ClO2/c1-4-7-10-17(5-2)16-25-22-18(6-3)15-21(24-14-13-23)19-11-8-9-12-20(19)22/h8-9,11-12,15,17H,4-7,10,13-14,16H2,1-3H3. The van der Waals surface area contributed by atoms with Gasteiger partial charge in [-0.15, -0.1) is 11.6 Å². The molecule has 0 fully saturated rings. The first kappa shape index (κ1) is 19.9. The lowest BCUT2D eigenvalue weighted by molar-refractivity contribution is 0.233. The van der Waals surface area contributed by atoms with E-state index in [1.807, 2.05) is 6.07 Å². The normalized spacial score (nSPS) is 12.3. The van der Waals surface area contributed by atoms with Crippen molar-refractivity contribution >= 4 is 22.4 Å². The summed E-state index contributed by atoms with van der Waals surface area (Å²) in [6.45, 7) is 7.97. The molecule has 0 saturated heterocycles. The first-order chi connectivity index (χ1) is 12.2. The van der Waals surface area contributed by atoms with Gasteiger partial charge in [-0.3, -0.25) is 0 Å². The number of halogens is 1. The Morgan fingerprint density at radius 1 is 1.04 bits per heavy atom. The van der Waals surface area contributed by atoms with Crippen molar-refractivity contribution in [3.8, 4) is 11.5 Å². The van der Waals surface area contributed by atoms with Gasteiger partial charge in [0, 0.05) is 10.8 Å². The van der Waals surface area contributed by atoms with Gasteiger partial charge in [0.2, 0.25) is 0 Å². The lowest BCUT2D eigenvalue weighted by atomic mass is 9.99. The molecule has 0 saturated carbocycles. The van der Waals surface area contributed by atoms with Crippen molar-refractivity contribution in [2.45, 2.75) is 52.9 Å². The Kier molecular flexibility index (Phi) is 8.40. The molecule has 0 amide bonds. The Labute approximate surface area is 157 Å². The summed E-state index contributed by atoms with van der Waals surface area (Å²) in [4.78, 5) is 0. The number of hydrogen-bond acceptors (Lipinski definition) is 2. The second kappa shape index (κ2) is 10.6. The zero-order valence-electron chi connectivity index (χ0n) is 15.8. The van der Waals surface area contributed by atoms with E-state index < -0.39 is 0 Å². The van der Waals surface area contributed by atoms with Gasteiger partial charge in [0.15, 0.2) is 0 Å². The quantitative estimate of drug-likeness (QED) is 0.418. The molecule has 0 aliphatic heterocycles. The number of fused-ring (bicyclic) bond motifs is 1. The summed E-state index contributed by atoms with van der Waals surface area (Å²) in [5, 5.41) is 2.23. The van der Waals surface area contributed by atoms with Crippen LogP contribution in [-0.4, -0.2) is 19.1 Å². The maximum Gasteiger partial charge on any atom is 0.130 e. The van der Waals surface area contributed by atoms with Crippen LogP contribution >= 0.6 is 11.6 Å². The van der Waals surface area contributed by atoms with E-state index >= 15 is 0 Å². The topological polar surface area (TPSA) is 18.5 Å². The summed E-state index contributed by atoms with van der Waals surface area (Å²) in [5.74, 6) is 3.03. The van der Waals surface area contributed by atoms with Crippen LogP contribution < -0.4 is 9.47 Å². The zero-order chi connectivity index (χ0) is 18.1. The molecular formula is C22H31ClO2. The smallest absolute Gasteiger partial charge is 0.130 e. The van der Waals surface area contributed by atoms with Crippen LogP contribution in [0.1, 0.15) is 52.0 Å². The van der Waals surface area contributed by atoms with Crippen LogP contribution in [-0.2, 0) is 6.42 Å². The van der Waals surface area contributed by atoms with Crippen LogP contribution in [0.25, 0.3) is 10.8 Å². The Bertz CT molecular complexity index is 654. The predicted octanol–water partition coefficient (Wildman–Crippen LogP) is 6.62. The molecule has 0 aliphatic carbocycles. The molecule has 1 unspecified atom stereocenters. The number of benzene rings is 2. The molecule has 0 bridgehead atoms. The highest BCUT2D eigenvalue weighted by Crippen LogP contribution is 2.37. The predicted molar refractivity (Wildman–Crippen MR) is 108 cm³/mol. The van der Waals surface area contributed by atoms with Crippen LogP contribution in [0.15, 0.2) is 30.3 Å². The summed E-state index contributed by atoms with van der Waals surface area (Å²) in [6.07, 6.45) is 5.84. The molecule has 0 aromatic heterocycles. The van der Waals surface area contributed by atoms with E-state index in [0.717, 1.165) is 41.7 Å². The number of aryl methyl sites for hydroxylation is 1. The molecular weight excluding hydrogens is 332 g/mol. The van der Waals surface area contributed by atoms with Crippen molar-refractivity contribution in [2.75, 3.05) is 19.1 Å². The second-order valence-electron chi connectivity index (χ2n) is 6.53. The Morgan fingerprint density at radius 2 is 1.80 bits per heavy atom. The largest absolute Gasteiger partial charge is 0.492 e. The molecule has 0 heterocycles. The maximum absolute atomic E-state index is 6.37. The molecule has 2 rings (SSSR count). The summed E-state index contributed by atoms with van der Waals surface area (Å²) in [6, 6.07) is 10.5. The number of unbranched alkanes of at least 4 members (excludes halogenated alkanes) is 1. The van der Waals surface area contributed by atoms with Gasteiger partial charge in [-0.05, 0) is 30.4 Å². The minimum Gasteiger partial charge on any atom is -0.492 e. The summed E-state index contributed by atoms with van der Waals surface area (Å²) >= 11 is 5.80. The molecule has 0 N–H and O–H groups in total. The molecule has 0 spiro atoms. The van der Waals surface area contributed by atoms with E-state index in [-0.39, 0.29) is 0 Å². The molecule has 0 radical (unpaired) electrons. The average molecular weight is 363 g/mol. The van der Waals surface area contributed by atoms with E-state index in [9.17, 15) is 0 Å². The SMILES string of the molecule is CCCCC(CC)COc1c(CC)cc(OCCCl)c2ccccc12. The zero-order valence-corrected chi connectivity index (χ0v) is 16.6. The van der Waals surface area contributed by atoms with E-state index in [2.05, 4.69) is 45.0 Å². The Morgan fingerprint density at radius 3 is 2.44 bits per heavy atom. The van der Waals surface area contributed by atoms with Gasteiger partial charge in [0.25, 0.3) is 0 Å². The van der Waals surface area contributed by atoms with Crippen molar-refractivity contribution in [1.29, 1.82) is 0 Å². The summed E-state index contributed by atoms with van der Waals surface area (Å²) in [5.41, 5.74) is 1.20. The average Bonchev–Trinajstić information content (AvgIpc) is 2.66. The van der Waals surface area contributed by atoms with E-state index in [0.29, 0.717) is 18.4 Å². The lowest BCUT2D eigenvalue weighted by Gasteiger charge is -2.20. The van der Waals surface area contributed by atoms with Crippen molar-refractivity contribution in [1.82, 2.24) is 0 Å². The van der Waals surface area contributed by atoms with Crippen LogP contribution in [0.3, 0.4) is 0 Å². The third-order valence-corrected chi connectivity index (χ3v) is 4.91. The third-order valence-electron chi connectivity index (χ3n) is 4.76. The van der Waals surface area contributed by atoms with Crippen LogP contribution in [0.5, 0.6) is 11.5 Å². The number of rotatable bonds is 11. The van der Waals surface area contributed by atoms with Gasteiger partial charge in [-0.1, -0.05) is 64.3 Å². The van der Waals surface area contributed by atoms with Crippen molar-refractivity contribution in [3.63, 3.8) is 0 Å². The van der Waals surface area contributed by atoms with Gasteiger partial charge in [-0.25, -0.2) is 0 Å². The van der Waals surface area contributed by atoms with E-state index in [4.69, 9.17) is 21.1 Å². The van der Waals surface area contributed by atoms with Crippen molar-refractivity contribution in [3.05, 3.63) is 35.9 Å². The maximum atomic E-state index is 6.37. The van der Waals surface area contributed by atoms with Crippen LogP contribution in [0, 0.1) is 5.92 Å².